The Labute approximate surface area is 72.4 Å². The number of aromatic amines is 1. The summed E-state index contributed by atoms with van der Waals surface area (Å²) in [6.45, 7) is 0. The van der Waals surface area contributed by atoms with Gasteiger partial charge in [-0.3, -0.25) is 0 Å². The number of nitrogens with zero attached hydrogens (tertiary/aromatic N) is 1. The van der Waals surface area contributed by atoms with Crippen LogP contribution < -0.4 is 29.6 Å². The van der Waals surface area contributed by atoms with E-state index in [1.54, 1.807) is 6.20 Å². The average molecular weight is 141 g/mol. The summed E-state index contributed by atoms with van der Waals surface area (Å²) >= 11 is 6.03. The van der Waals surface area contributed by atoms with Crippen molar-refractivity contribution in [1.82, 2.24) is 9.59 Å². The van der Waals surface area contributed by atoms with E-state index in [1.165, 1.54) is 11.5 Å². The van der Waals surface area contributed by atoms with Crippen molar-refractivity contribution in [3.63, 3.8) is 0 Å². The molecule has 0 amide bonds. The standard InChI is InChI=1S/C2H2N2S2.Na/c5-2-1-3-4-6-2;/h1,4H;/q;+1. The topological polar surface area (TPSA) is 28.7 Å². The molecule has 0 atom stereocenters. The molecule has 5 heteroatoms. The number of H-pyrrole nitrogens is 1. The molecule has 0 saturated carbocycles. The quantitative estimate of drug-likeness (QED) is 0.341. The SMILES string of the molecule is S=c1cn[nH]s1.[Na+]. The van der Waals surface area contributed by atoms with Crippen molar-refractivity contribution in [2.24, 2.45) is 0 Å². The monoisotopic (exact) mass is 141 g/mol. The van der Waals surface area contributed by atoms with E-state index in [2.05, 4.69) is 21.8 Å². The molecule has 0 unspecified atom stereocenters. The molecule has 0 fully saturated rings. The number of nitrogens with one attached hydrogen (secondary N) is 1. The van der Waals surface area contributed by atoms with Crippen molar-refractivity contribution in [3.05, 3.63) is 10.0 Å². The second-order valence-corrected chi connectivity index (χ2v) is 2.30. The summed E-state index contributed by atoms with van der Waals surface area (Å²) in [6, 6.07) is 0. The van der Waals surface area contributed by atoms with Gasteiger partial charge < -0.3 is 0 Å². The Morgan fingerprint density at radius 2 is 2.57 bits per heavy atom. The summed E-state index contributed by atoms with van der Waals surface area (Å²) < 4.78 is 3.42. The number of aromatic nitrogens is 2. The van der Waals surface area contributed by atoms with E-state index in [0.29, 0.717) is 0 Å². The normalized spacial score (nSPS) is 7.43. The first kappa shape index (κ1) is 7.78. The molecule has 1 aromatic heterocycles. The van der Waals surface area contributed by atoms with Crippen LogP contribution >= 0.6 is 23.8 Å². The van der Waals surface area contributed by atoms with E-state index in [9.17, 15) is 0 Å². The summed E-state index contributed by atoms with van der Waals surface area (Å²) in [5, 5.41) is 3.61. The predicted molar refractivity (Wildman–Crippen MR) is 27.3 cm³/mol. The molecule has 32 valence electrons. The van der Waals surface area contributed by atoms with Crippen LogP contribution in [0, 0.1) is 3.82 Å². The third kappa shape index (κ3) is 2.56. The first-order valence-electron chi connectivity index (χ1n) is 1.38. The molecule has 2 nitrogen and oxygen atoms in total. The molecule has 0 saturated heterocycles. The molecule has 0 bridgehead atoms. The van der Waals surface area contributed by atoms with E-state index in [1.807, 2.05) is 0 Å². The van der Waals surface area contributed by atoms with Gasteiger partial charge in [0.25, 0.3) is 0 Å². The summed E-state index contributed by atoms with van der Waals surface area (Å²) in [4.78, 5) is 0. The van der Waals surface area contributed by atoms with Crippen molar-refractivity contribution in [2.75, 3.05) is 0 Å². The maximum absolute atomic E-state index is 4.67. The first-order valence-corrected chi connectivity index (χ1v) is 2.61. The van der Waals surface area contributed by atoms with Gasteiger partial charge in [0.1, 0.15) is 3.82 Å². The third-order valence-electron chi connectivity index (χ3n) is 0.369. The summed E-state index contributed by atoms with van der Waals surface area (Å²) in [5.41, 5.74) is 0. The molecule has 7 heavy (non-hydrogen) atoms. The van der Waals surface area contributed by atoms with Gasteiger partial charge >= 0.3 is 29.6 Å². The molecule has 0 aliphatic heterocycles. The molecule has 1 N–H and O–H groups in total. The maximum atomic E-state index is 4.67. The largest absolute Gasteiger partial charge is 1.00 e. The second kappa shape index (κ2) is 3.74. The molecule has 0 aliphatic carbocycles. The first-order chi connectivity index (χ1) is 2.89. The smallest absolute Gasteiger partial charge is 0.231 e. The fourth-order valence-corrected chi connectivity index (χ4v) is 0.642. The molecule has 1 rings (SSSR count). The van der Waals surface area contributed by atoms with Gasteiger partial charge in [0.05, 0.1) is 6.20 Å². The molecule has 0 spiro atoms. The molecular weight excluding hydrogens is 139 g/mol. The molecule has 1 heterocycles. The number of hydrogen-bond donors (Lipinski definition) is 1. The minimum Gasteiger partial charge on any atom is -0.231 e. The van der Waals surface area contributed by atoms with Crippen LogP contribution in [0.1, 0.15) is 0 Å². The minimum atomic E-state index is 0. The average Bonchev–Trinajstić information content (AvgIpc) is 1.86. The van der Waals surface area contributed by atoms with Crippen LogP contribution in [0.2, 0.25) is 0 Å². The molecule has 0 aliphatic rings. The van der Waals surface area contributed by atoms with Crippen LogP contribution in [0.5, 0.6) is 0 Å². The Hall–Kier alpha value is 0.780. The summed E-state index contributed by atoms with van der Waals surface area (Å²) in [5.74, 6) is 0. The number of rotatable bonds is 0. The van der Waals surface area contributed by atoms with E-state index in [4.69, 9.17) is 0 Å². The van der Waals surface area contributed by atoms with Crippen LogP contribution in [0.25, 0.3) is 0 Å². The fourth-order valence-electron chi connectivity index (χ4n) is 0.177. The number of hydrogen-bond acceptors (Lipinski definition) is 3. The van der Waals surface area contributed by atoms with Crippen LogP contribution in [0.4, 0.5) is 0 Å². The fraction of sp³-hybridized carbons (Fsp3) is 0. The van der Waals surface area contributed by atoms with Gasteiger partial charge in [-0.2, -0.15) is 5.10 Å². The van der Waals surface area contributed by atoms with E-state index < -0.39 is 0 Å². The van der Waals surface area contributed by atoms with Crippen molar-refractivity contribution in [3.8, 4) is 0 Å². The Kier molecular flexibility index (Phi) is 4.16. The van der Waals surface area contributed by atoms with Gasteiger partial charge in [-0.1, -0.05) is 12.2 Å². The predicted octanol–water partition coefficient (Wildman–Crippen LogP) is -1.80. The van der Waals surface area contributed by atoms with Crippen molar-refractivity contribution in [2.45, 2.75) is 0 Å². The van der Waals surface area contributed by atoms with Crippen LogP contribution in [-0.4, -0.2) is 9.59 Å². The molecule has 0 aromatic carbocycles. The molecule has 1 aromatic rings. The zero-order valence-corrected chi connectivity index (χ0v) is 7.47. The van der Waals surface area contributed by atoms with E-state index >= 15 is 0 Å². The second-order valence-electron chi connectivity index (χ2n) is 0.771. The zero-order chi connectivity index (χ0) is 4.41. The van der Waals surface area contributed by atoms with Gasteiger partial charge in [0.15, 0.2) is 0 Å². The van der Waals surface area contributed by atoms with Gasteiger partial charge in [-0.15, -0.1) is 0 Å². The van der Waals surface area contributed by atoms with Crippen LogP contribution in [0.15, 0.2) is 6.20 Å². The van der Waals surface area contributed by atoms with Crippen molar-refractivity contribution in [1.29, 1.82) is 0 Å². The van der Waals surface area contributed by atoms with Crippen LogP contribution in [-0.2, 0) is 0 Å². The van der Waals surface area contributed by atoms with Gasteiger partial charge in [0.2, 0.25) is 0 Å². The van der Waals surface area contributed by atoms with Crippen molar-refractivity contribution < 1.29 is 29.6 Å². The third-order valence-corrected chi connectivity index (χ3v) is 1.23. The van der Waals surface area contributed by atoms with Gasteiger partial charge in [-0.05, 0) is 11.5 Å². The molecular formula is C2H2N2NaS2+. The van der Waals surface area contributed by atoms with Gasteiger partial charge in [-0.25, -0.2) is 4.49 Å². The Morgan fingerprint density at radius 1 is 1.86 bits per heavy atom. The Morgan fingerprint density at radius 3 is 2.71 bits per heavy atom. The van der Waals surface area contributed by atoms with Crippen LogP contribution in [0.3, 0.4) is 0 Å². The van der Waals surface area contributed by atoms with Crippen molar-refractivity contribution >= 4 is 23.8 Å². The van der Waals surface area contributed by atoms with Gasteiger partial charge in [0, 0.05) is 0 Å². The molecule has 0 radical (unpaired) electrons. The minimum absolute atomic E-state index is 0. The Bertz CT molecular complexity index is 151. The maximum Gasteiger partial charge on any atom is 1.00 e. The van der Waals surface area contributed by atoms with E-state index in [0.717, 1.165) is 3.82 Å². The van der Waals surface area contributed by atoms with E-state index in [-0.39, 0.29) is 29.6 Å². The summed E-state index contributed by atoms with van der Waals surface area (Å²) in [6.07, 6.45) is 1.61. The Balaban J connectivity index is 0.000000360. The zero-order valence-electron chi connectivity index (χ0n) is 3.84. The summed E-state index contributed by atoms with van der Waals surface area (Å²) in [7, 11) is 0.